The SMILES string of the molecule is CN(C[C@H](O)COCc1ccco1)[C@H]1CCCN(c2cccnn2)C1. The van der Waals surface area contributed by atoms with Crippen LogP contribution in [-0.4, -0.2) is 65.6 Å². The minimum Gasteiger partial charge on any atom is -0.467 e. The van der Waals surface area contributed by atoms with Crippen LogP contribution in [-0.2, 0) is 11.3 Å². The molecule has 2 aromatic heterocycles. The fourth-order valence-corrected chi connectivity index (χ4v) is 3.21. The Morgan fingerprint density at radius 3 is 3.12 bits per heavy atom. The number of hydrogen-bond acceptors (Lipinski definition) is 7. The molecule has 0 bridgehead atoms. The molecule has 3 rings (SSSR count). The minimum absolute atomic E-state index is 0.297. The van der Waals surface area contributed by atoms with Crippen LogP contribution in [0, 0.1) is 0 Å². The Morgan fingerprint density at radius 2 is 2.36 bits per heavy atom. The average molecular weight is 346 g/mol. The lowest BCUT2D eigenvalue weighted by atomic mass is 10.0. The Bertz CT molecular complexity index is 608. The molecule has 0 unspecified atom stereocenters. The van der Waals surface area contributed by atoms with E-state index >= 15 is 0 Å². The number of likely N-dealkylation sites (N-methyl/N-ethyl adjacent to an activating group) is 1. The fraction of sp³-hybridized carbons (Fsp3) is 0.556. The summed E-state index contributed by atoms with van der Waals surface area (Å²) in [6, 6.07) is 7.98. The van der Waals surface area contributed by atoms with Crippen molar-refractivity contribution in [1.29, 1.82) is 0 Å². The fourth-order valence-electron chi connectivity index (χ4n) is 3.21. The van der Waals surface area contributed by atoms with Crippen molar-refractivity contribution < 1.29 is 14.3 Å². The van der Waals surface area contributed by atoms with Gasteiger partial charge in [0, 0.05) is 31.9 Å². The van der Waals surface area contributed by atoms with Crippen molar-refractivity contribution in [3.05, 3.63) is 42.5 Å². The summed E-state index contributed by atoms with van der Waals surface area (Å²) in [5.74, 6) is 1.69. The van der Waals surface area contributed by atoms with Crippen molar-refractivity contribution in [2.45, 2.75) is 31.6 Å². The first kappa shape index (κ1) is 17.8. The van der Waals surface area contributed by atoms with E-state index in [4.69, 9.17) is 9.15 Å². The summed E-state index contributed by atoms with van der Waals surface area (Å²) >= 11 is 0. The lowest BCUT2D eigenvalue weighted by Gasteiger charge is -2.38. The summed E-state index contributed by atoms with van der Waals surface area (Å²) in [6.45, 7) is 3.16. The zero-order valence-corrected chi connectivity index (χ0v) is 14.6. The van der Waals surface area contributed by atoms with Crippen molar-refractivity contribution in [2.24, 2.45) is 0 Å². The molecule has 0 aliphatic carbocycles. The van der Waals surface area contributed by atoms with Crippen LogP contribution in [0.25, 0.3) is 0 Å². The molecule has 2 atom stereocenters. The summed E-state index contributed by atoms with van der Waals surface area (Å²) in [6.07, 6.45) is 5.02. The number of rotatable bonds is 8. The van der Waals surface area contributed by atoms with E-state index in [1.807, 2.05) is 24.3 Å². The Labute approximate surface area is 148 Å². The van der Waals surface area contributed by atoms with Crippen molar-refractivity contribution in [2.75, 3.05) is 38.2 Å². The van der Waals surface area contributed by atoms with Gasteiger partial charge in [0.2, 0.25) is 0 Å². The molecule has 1 aliphatic rings. The van der Waals surface area contributed by atoms with E-state index in [2.05, 4.69) is 27.0 Å². The topological polar surface area (TPSA) is 74.9 Å². The third-order valence-corrected chi connectivity index (χ3v) is 4.54. The molecule has 7 nitrogen and oxygen atoms in total. The van der Waals surface area contributed by atoms with Crippen molar-refractivity contribution >= 4 is 5.82 Å². The standard InChI is InChI=1S/C18H26N4O3/c1-21(12-16(23)13-24-14-17-6-4-10-25-17)15-5-3-9-22(11-15)18-7-2-8-19-20-18/h2,4,6-8,10,15-16,23H,3,5,9,11-14H2,1H3/t15-,16-/m0/s1. The first-order valence-electron chi connectivity index (χ1n) is 8.73. The molecule has 1 saturated heterocycles. The van der Waals surface area contributed by atoms with Gasteiger partial charge in [0.15, 0.2) is 5.82 Å². The molecular formula is C18H26N4O3. The number of hydrogen-bond donors (Lipinski definition) is 1. The van der Waals surface area contributed by atoms with Crippen molar-refractivity contribution in [3.8, 4) is 0 Å². The van der Waals surface area contributed by atoms with Gasteiger partial charge in [0.1, 0.15) is 12.4 Å². The van der Waals surface area contributed by atoms with Crippen LogP contribution in [0.3, 0.4) is 0 Å². The third kappa shape index (κ3) is 5.26. The van der Waals surface area contributed by atoms with E-state index in [-0.39, 0.29) is 0 Å². The highest BCUT2D eigenvalue weighted by molar-refractivity contribution is 5.37. The minimum atomic E-state index is -0.521. The molecular weight excluding hydrogens is 320 g/mol. The molecule has 1 N–H and O–H groups in total. The number of nitrogens with zero attached hydrogens (tertiary/aromatic N) is 4. The summed E-state index contributed by atoms with van der Waals surface area (Å²) in [5.41, 5.74) is 0. The van der Waals surface area contributed by atoms with Crippen LogP contribution in [0.5, 0.6) is 0 Å². The van der Waals surface area contributed by atoms with Gasteiger partial charge < -0.3 is 19.2 Å². The van der Waals surface area contributed by atoms with Crippen LogP contribution in [0.4, 0.5) is 5.82 Å². The van der Waals surface area contributed by atoms with Gasteiger partial charge in [0.25, 0.3) is 0 Å². The van der Waals surface area contributed by atoms with Gasteiger partial charge in [-0.3, -0.25) is 4.90 Å². The number of aliphatic hydroxyl groups is 1. The van der Waals surface area contributed by atoms with Gasteiger partial charge in [-0.2, -0.15) is 5.10 Å². The molecule has 0 spiro atoms. The van der Waals surface area contributed by atoms with Gasteiger partial charge >= 0.3 is 0 Å². The van der Waals surface area contributed by atoms with Gasteiger partial charge in [-0.25, -0.2) is 0 Å². The van der Waals surface area contributed by atoms with E-state index in [0.29, 0.717) is 25.8 Å². The Balaban J connectivity index is 1.43. The number of anilines is 1. The van der Waals surface area contributed by atoms with E-state index in [9.17, 15) is 5.11 Å². The molecule has 136 valence electrons. The number of aromatic nitrogens is 2. The van der Waals surface area contributed by atoms with Gasteiger partial charge in [-0.1, -0.05) is 0 Å². The average Bonchev–Trinajstić information content (AvgIpc) is 3.16. The monoisotopic (exact) mass is 346 g/mol. The first-order valence-corrected chi connectivity index (χ1v) is 8.73. The maximum absolute atomic E-state index is 10.2. The molecule has 1 aliphatic heterocycles. The summed E-state index contributed by atoms with van der Waals surface area (Å²) < 4.78 is 10.7. The van der Waals surface area contributed by atoms with Gasteiger partial charge in [0.05, 0.1) is 19.0 Å². The summed E-state index contributed by atoms with van der Waals surface area (Å²) in [7, 11) is 2.06. The first-order chi connectivity index (χ1) is 12.2. The van der Waals surface area contributed by atoms with Gasteiger partial charge in [-0.05, 0) is 44.2 Å². The number of ether oxygens (including phenoxy) is 1. The number of aliphatic hydroxyl groups excluding tert-OH is 1. The largest absolute Gasteiger partial charge is 0.467 e. The second kappa shape index (κ2) is 8.94. The van der Waals surface area contributed by atoms with Crippen LogP contribution >= 0.6 is 0 Å². The van der Waals surface area contributed by atoms with Crippen molar-refractivity contribution in [1.82, 2.24) is 15.1 Å². The summed E-state index contributed by atoms with van der Waals surface area (Å²) in [4.78, 5) is 4.47. The molecule has 1 fully saturated rings. The molecule has 0 saturated carbocycles. The molecule has 0 aromatic carbocycles. The van der Waals surface area contributed by atoms with E-state index in [0.717, 1.165) is 37.5 Å². The normalized spacial score (nSPS) is 19.3. The Hall–Kier alpha value is -1.96. The van der Waals surface area contributed by atoms with Crippen LogP contribution in [0.2, 0.25) is 0 Å². The highest BCUT2D eigenvalue weighted by atomic mass is 16.5. The maximum Gasteiger partial charge on any atom is 0.151 e. The molecule has 0 amide bonds. The van der Waals surface area contributed by atoms with E-state index < -0.39 is 6.10 Å². The lowest BCUT2D eigenvalue weighted by molar-refractivity contribution is 0.00210. The Kier molecular flexibility index (Phi) is 6.38. The quantitative estimate of drug-likeness (QED) is 0.777. The maximum atomic E-state index is 10.2. The van der Waals surface area contributed by atoms with Crippen LogP contribution in [0.1, 0.15) is 18.6 Å². The highest BCUT2D eigenvalue weighted by Gasteiger charge is 2.25. The molecule has 0 radical (unpaired) electrons. The molecule has 25 heavy (non-hydrogen) atoms. The van der Waals surface area contributed by atoms with E-state index in [1.165, 1.54) is 0 Å². The molecule has 2 aromatic rings. The van der Waals surface area contributed by atoms with Gasteiger partial charge in [-0.15, -0.1) is 5.10 Å². The zero-order valence-electron chi connectivity index (χ0n) is 14.6. The second-order valence-electron chi connectivity index (χ2n) is 6.51. The van der Waals surface area contributed by atoms with E-state index in [1.54, 1.807) is 12.5 Å². The smallest absolute Gasteiger partial charge is 0.151 e. The van der Waals surface area contributed by atoms with Crippen LogP contribution in [0.15, 0.2) is 41.1 Å². The number of furan rings is 1. The zero-order chi connectivity index (χ0) is 17.5. The van der Waals surface area contributed by atoms with Crippen molar-refractivity contribution in [3.63, 3.8) is 0 Å². The third-order valence-electron chi connectivity index (χ3n) is 4.54. The Morgan fingerprint density at radius 1 is 1.44 bits per heavy atom. The highest BCUT2D eigenvalue weighted by Crippen LogP contribution is 2.19. The second-order valence-corrected chi connectivity index (χ2v) is 6.51. The molecule has 3 heterocycles. The predicted octanol–water partition coefficient (Wildman–Crippen LogP) is 1.55. The number of piperidine rings is 1. The lowest BCUT2D eigenvalue weighted by Crippen LogP contribution is -2.49. The predicted molar refractivity (Wildman–Crippen MR) is 94.3 cm³/mol. The molecule has 7 heteroatoms. The van der Waals surface area contributed by atoms with Crippen LogP contribution < -0.4 is 4.90 Å². The summed E-state index contributed by atoms with van der Waals surface area (Å²) in [5, 5.41) is 18.4.